The number of carbonyl (C=O) groups is 9. The molecule has 28 nitrogen and oxygen atoms in total. The van der Waals surface area contributed by atoms with Crippen molar-refractivity contribution in [1.29, 1.82) is 5.41 Å². The lowest BCUT2D eigenvalue weighted by Gasteiger charge is -2.25. The molecule has 0 fully saturated rings. The second-order valence-electron chi connectivity index (χ2n) is 14.1. The highest BCUT2D eigenvalue weighted by atomic mass is 33.1. The largest absolute Gasteiger partial charge is 0.481 e. The molecule has 362 valence electrons. The van der Waals surface area contributed by atoms with Crippen LogP contribution in [0.2, 0.25) is 0 Å². The number of benzene rings is 1. The summed E-state index contributed by atoms with van der Waals surface area (Å²) in [6.45, 7) is 0.0845. The Morgan fingerprint density at radius 3 is 1.94 bits per heavy atom. The number of nitrogens with zero attached hydrogens (tertiary/aromatic N) is 3. The maximum Gasteiger partial charge on any atom is 0.327 e. The highest BCUT2D eigenvalue weighted by Crippen LogP contribution is 2.18. The van der Waals surface area contributed by atoms with Gasteiger partial charge < -0.3 is 69.1 Å². The Morgan fingerprint density at radius 2 is 1.36 bits per heavy atom. The average molecular weight is 977 g/mol. The third-order valence-electron chi connectivity index (χ3n) is 9.00. The van der Waals surface area contributed by atoms with Crippen LogP contribution in [0.15, 0.2) is 35.3 Å². The lowest BCUT2D eigenvalue weighted by molar-refractivity contribution is -0.143. The number of nitrogens with two attached hydrogens (primary N) is 2. The van der Waals surface area contributed by atoms with Gasteiger partial charge in [-0.05, 0) is 49.8 Å². The zero-order chi connectivity index (χ0) is 49.8. The maximum atomic E-state index is 13.5. The molecule has 0 aliphatic rings. The molecule has 5 atom stereocenters. The van der Waals surface area contributed by atoms with Crippen molar-refractivity contribution in [2.45, 2.75) is 75.3 Å². The highest BCUT2D eigenvalue weighted by Gasteiger charge is 2.33. The Morgan fingerprint density at radius 1 is 0.776 bits per heavy atom. The van der Waals surface area contributed by atoms with Crippen LogP contribution in [-0.4, -0.2) is 148 Å². The Balaban J connectivity index is 1.66. The molecule has 0 saturated heterocycles. The standard InChI is InChI=1S/C37H48N14O14S2/c1-66-67-15-23(35(64)65)49-32(60)22(12-26(55)56)48-30(58)19(3-2-10-41-36(38)39)46-31(59)21(11-25(53)54)45-24(52)9-8-20(34(62)63)47-29(57)16-4-6-17(7-5-16)42-13-18-14-43-28-27(44-18)33(61)51-37(40)50-28/h4-7,14,19-23,42H,2-3,8-13,15H2,1H3,(H,45,52)(H,46,59)(H,47,57)(H,48,58)(H,49,60)(H,53,54)(H,55,56)(H,62,63)(H,64,65)(H4,38,39,41)(H3,40,43,50,51,61)/t19-,20-,21-,22-,23+/m1/s1. The van der Waals surface area contributed by atoms with Crippen LogP contribution < -0.4 is 54.2 Å². The van der Waals surface area contributed by atoms with Gasteiger partial charge in [0.25, 0.3) is 11.5 Å². The third-order valence-corrected chi connectivity index (χ3v) is 10.8. The monoisotopic (exact) mass is 976 g/mol. The van der Waals surface area contributed by atoms with E-state index in [9.17, 15) is 68.4 Å². The van der Waals surface area contributed by atoms with Gasteiger partial charge in [-0.3, -0.25) is 48.7 Å². The maximum absolute atomic E-state index is 13.5. The van der Waals surface area contributed by atoms with Gasteiger partial charge in [0.2, 0.25) is 29.6 Å². The summed E-state index contributed by atoms with van der Waals surface area (Å²) in [6.07, 6.45) is -0.497. The number of rotatable bonds is 28. The number of carbonyl (C=O) groups excluding carboxylic acids is 5. The van der Waals surface area contributed by atoms with E-state index in [0.717, 1.165) is 10.8 Å². The summed E-state index contributed by atoms with van der Waals surface area (Å²) in [6, 6.07) is -2.74. The van der Waals surface area contributed by atoms with Crippen molar-refractivity contribution < 1.29 is 63.6 Å². The molecular formula is C37H48N14O14S2. The van der Waals surface area contributed by atoms with Crippen LogP contribution in [0.5, 0.6) is 0 Å². The molecule has 30 heteroatoms. The number of guanidine groups is 1. The van der Waals surface area contributed by atoms with Crippen molar-refractivity contribution >= 4 is 104 Å². The summed E-state index contributed by atoms with van der Waals surface area (Å²) in [7, 11) is 2.28. The molecule has 3 rings (SSSR count). The predicted octanol–water partition coefficient (Wildman–Crippen LogP) is -2.88. The fraction of sp³-hybridized carbons (Fsp3) is 0.405. The number of carboxylic acids is 4. The number of hydrogen-bond donors (Lipinski definition) is 15. The first kappa shape index (κ1) is 53.6. The van der Waals surface area contributed by atoms with Gasteiger partial charge in [0.15, 0.2) is 17.1 Å². The van der Waals surface area contributed by atoms with E-state index in [1.165, 1.54) is 41.3 Å². The Kier molecular flexibility index (Phi) is 21.0. The predicted molar refractivity (Wildman–Crippen MR) is 239 cm³/mol. The SMILES string of the molecule is CSSC[C@H](NC(=O)[C@@H](CC(=O)O)NC(=O)[C@@H](CCCNC(=N)N)NC(=O)[C@@H](CC(=O)O)NC(=O)CC[C@@H](NC(=O)c1ccc(NCc2cnc3nc(N)[nH]c(=O)c3n2)cc1)C(=O)O)C(=O)O. The van der Waals surface area contributed by atoms with Crippen LogP contribution in [0.25, 0.3) is 11.2 Å². The molecule has 0 aliphatic heterocycles. The van der Waals surface area contributed by atoms with E-state index in [4.69, 9.17) is 16.9 Å². The van der Waals surface area contributed by atoms with Gasteiger partial charge in [-0.2, -0.15) is 4.98 Å². The first-order valence-electron chi connectivity index (χ1n) is 19.7. The first-order chi connectivity index (χ1) is 31.7. The minimum atomic E-state index is -1.88. The number of nitrogens with one attached hydrogen (secondary N) is 9. The molecule has 5 amide bonds. The summed E-state index contributed by atoms with van der Waals surface area (Å²) in [5.41, 5.74) is 11.2. The van der Waals surface area contributed by atoms with Crippen molar-refractivity contribution in [2.75, 3.05) is 29.6 Å². The molecule has 3 aromatic rings. The zero-order valence-corrected chi connectivity index (χ0v) is 37.0. The van der Waals surface area contributed by atoms with Gasteiger partial charge in [-0.1, -0.05) is 21.6 Å². The number of anilines is 2. The number of aromatic amines is 1. The van der Waals surface area contributed by atoms with Crippen LogP contribution in [0.3, 0.4) is 0 Å². The number of aliphatic carboxylic acids is 4. The van der Waals surface area contributed by atoms with Gasteiger partial charge in [0.1, 0.15) is 30.2 Å². The van der Waals surface area contributed by atoms with Crippen LogP contribution in [0.4, 0.5) is 11.6 Å². The smallest absolute Gasteiger partial charge is 0.327 e. The zero-order valence-electron chi connectivity index (χ0n) is 35.3. The summed E-state index contributed by atoms with van der Waals surface area (Å²) >= 11 is 0. The second kappa shape index (κ2) is 26.3. The minimum Gasteiger partial charge on any atom is -0.481 e. The quantitative estimate of drug-likeness (QED) is 0.0150. The lowest BCUT2D eigenvalue weighted by atomic mass is 10.1. The summed E-state index contributed by atoms with van der Waals surface area (Å²) in [5, 5.41) is 62.2. The Bertz CT molecular complexity index is 2390. The molecule has 1 aromatic carbocycles. The molecule has 67 heavy (non-hydrogen) atoms. The second-order valence-corrected chi connectivity index (χ2v) is 16.7. The molecule has 17 N–H and O–H groups in total. The Hall–Kier alpha value is -7.76. The number of hydrogen-bond acceptors (Lipinski definition) is 18. The topological polar surface area (TPSA) is 466 Å². The highest BCUT2D eigenvalue weighted by molar-refractivity contribution is 8.76. The van der Waals surface area contributed by atoms with E-state index >= 15 is 0 Å². The number of fused-ring (bicyclic) bond motifs is 1. The molecule has 0 bridgehead atoms. The van der Waals surface area contributed by atoms with E-state index in [-0.39, 0.29) is 54.4 Å². The number of nitrogen functional groups attached to an aromatic ring is 1. The molecule has 0 unspecified atom stereocenters. The van der Waals surface area contributed by atoms with Crippen molar-refractivity contribution in [2.24, 2.45) is 5.73 Å². The van der Waals surface area contributed by atoms with Crippen LogP contribution in [0.1, 0.15) is 54.6 Å². The molecule has 0 radical (unpaired) electrons. The van der Waals surface area contributed by atoms with Crippen LogP contribution in [-0.2, 0) is 44.9 Å². The molecule has 2 heterocycles. The number of H-pyrrole nitrogens is 1. The molecule has 0 aliphatic carbocycles. The average Bonchev–Trinajstić information content (AvgIpc) is 3.25. The van der Waals surface area contributed by atoms with Gasteiger partial charge in [0, 0.05) is 30.0 Å². The normalized spacial score (nSPS) is 13.0. The van der Waals surface area contributed by atoms with Crippen molar-refractivity contribution in [3.05, 3.63) is 52.1 Å². The van der Waals surface area contributed by atoms with E-state index in [0.29, 0.717) is 11.4 Å². The number of aromatic nitrogens is 4. The molecule has 2 aromatic heterocycles. The third kappa shape index (κ3) is 18.3. The van der Waals surface area contributed by atoms with E-state index < -0.39 is 121 Å². The van der Waals surface area contributed by atoms with Crippen LogP contribution in [0, 0.1) is 5.41 Å². The fourth-order valence-corrected chi connectivity index (χ4v) is 7.04. The summed E-state index contributed by atoms with van der Waals surface area (Å²) in [5.74, 6) is -12.2. The van der Waals surface area contributed by atoms with Gasteiger partial charge in [-0.25, -0.2) is 19.6 Å². The van der Waals surface area contributed by atoms with Gasteiger partial charge >= 0.3 is 23.9 Å². The summed E-state index contributed by atoms with van der Waals surface area (Å²) < 4.78 is 0. The van der Waals surface area contributed by atoms with E-state index in [1.807, 2.05) is 0 Å². The van der Waals surface area contributed by atoms with Gasteiger partial charge in [-0.15, -0.1) is 0 Å². The summed E-state index contributed by atoms with van der Waals surface area (Å²) in [4.78, 5) is 140. The number of amides is 5. The van der Waals surface area contributed by atoms with Gasteiger partial charge in [0.05, 0.1) is 31.3 Å². The van der Waals surface area contributed by atoms with E-state index in [2.05, 4.69) is 57.2 Å². The Labute approximate surface area is 386 Å². The van der Waals surface area contributed by atoms with Crippen molar-refractivity contribution in [3.63, 3.8) is 0 Å². The fourth-order valence-electron chi connectivity index (χ4n) is 5.72. The molecule has 0 saturated carbocycles. The van der Waals surface area contributed by atoms with Crippen molar-refractivity contribution in [1.82, 2.24) is 51.8 Å². The first-order valence-corrected chi connectivity index (χ1v) is 22.4. The van der Waals surface area contributed by atoms with Crippen LogP contribution >= 0.6 is 21.6 Å². The van der Waals surface area contributed by atoms with Crippen molar-refractivity contribution in [3.8, 4) is 0 Å². The lowest BCUT2D eigenvalue weighted by Crippen LogP contribution is -2.58. The molecular weight excluding hydrogens is 929 g/mol. The van der Waals surface area contributed by atoms with E-state index in [1.54, 1.807) is 6.26 Å². The molecule has 0 spiro atoms. The number of carboxylic acid groups (broad SMARTS) is 4. The minimum absolute atomic E-state index is 0.000921.